The number of isothiocyanates is 1. The normalized spacial score (nSPS) is 12.2. The van der Waals surface area contributed by atoms with E-state index in [-0.39, 0.29) is 5.92 Å². The smallest absolute Gasteiger partial charge is 0.408 e. The van der Waals surface area contributed by atoms with Gasteiger partial charge in [0.1, 0.15) is 17.7 Å². The predicted molar refractivity (Wildman–Crippen MR) is 145 cm³/mol. The first-order valence-electron chi connectivity index (χ1n) is 11.8. The Morgan fingerprint density at radius 3 is 2.16 bits per heavy atom. The van der Waals surface area contributed by atoms with Gasteiger partial charge in [0.05, 0.1) is 10.8 Å². The molecule has 0 aliphatic rings. The number of carboxylic acid groups (broad SMARTS) is 2. The minimum atomic E-state index is -1.06. The number of carbonyl (C=O) groups is 4. The Labute approximate surface area is 227 Å². The van der Waals surface area contributed by atoms with Crippen molar-refractivity contribution in [3.8, 4) is 0 Å². The number of aliphatic imine (C=N–C) groups is 1. The summed E-state index contributed by atoms with van der Waals surface area (Å²) in [6.45, 7) is 9.38. The number of nitrogens with two attached hydrogens (primary N) is 1. The molecule has 0 radical (unpaired) electrons. The monoisotopic (exact) mass is 554 g/mol. The molecule has 0 bridgehead atoms. The molecule has 212 valence electrons. The molecule has 0 spiro atoms. The SMILES string of the molecule is CC(C)[C@H](NC(=O)OC(C)(C)C)C(=O)O.NC(=O)NCCC[C@H](NNCc1ccc(N=C=S)cc1)C(=O)O. The second-order valence-electron chi connectivity index (χ2n) is 9.40. The van der Waals surface area contributed by atoms with Gasteiger partial charge < -0.3 is 31.3 Å². The van der Waals surface area contributed by atoms with Gasteiger partial charge in [0.25, 0.3) is 0 Å². The zero-order valence-electron chi connectivity index (χ0n) is 22.2. The highest BCUT2D eigenvalue weighted by Crippen LogP contribution is 2.12. The van der Waals surface area contributed by atoms with Gasteiger partial charge in [0.15, 0.2) is 0 Å². The van der Waals surface area contributed by atoms with Gasteiger partial charge in [-0.05, 0) is 69.4 Å². The Balaban J connectivity index is 0.000000793. The van der Waals surface area contributed by atoms with E-state index in [0.717, 1.165) is 5.56 Å². The lowest BCUT2D eigenvalue weighted by molar-refractivity contribution is -0.141. The fraction of sp³-hybridized carbons (Fsp3) is 0.542. The Kier molecular flexibility index (Phi) is 16.1. The van der Waals surface area contributed by atoms with E-state index in [1.54, 1.807) is 46.8 Å². The average Bonchev–Trinajstić information content (AvgIpc) is 2.79. The quantitative estimate of drug-likeness (QED) is 0.0821. The number of aliphatic carboxylic acids is 2. The van der Waals surface area contributed by atoms with Crippen LogP contribution in [0.3, 0.4) is 0 Å². The van der Waals surface area contributed by atoms with Gasteiger partial charge in [-0.2, -0.15) is 4.99 Å². The summed E-state index contributed by atoms with van der Waals surface area (Å²) in [5.41, 5.74) is 11.6. The number of hydrazine groups is 1. The highest BCUT2D eigenvalue weighted by atomic mass is 32.1. The van der Waals surface area contributed by atoms with Crippen LogP contribution in [0.15, 0.2) is 29.3 Å². The van der Waals surface area contributed by atoms with Crippen molar-refractivity contribution in [2.45, 2.75) is 71.7 Å². The van der Waals surface area contributed by atoms with Crippen LogP contribution in [-0.4, -0.2) is 63.7 Å². The van der Waals surface area contributed by atoms with Crippen LogP contribution in [0.2, 0.25) is 0 Å². The molecule has 0 saturated carbocycles. The van der Waals surface area contributed by atoms with Crippen molar-refractivity contribution in [3.05, 3.63) is 29.8 Å². The van der Waals surface area contributed by atoms with E-state index in [1.165, 1.54) is 0 Å². The van der Waals surface area contributed by atoms with Crippen molar-refractivity contribution in [1.82, 2.24) is 21.5 Å². The first-order chi connectivity index (χ1) is 17.7. The predicted octanol–water partition coefficient (Wildman–Crippen LogP) is 2.54. The summed E-state index contributed by atoms with van der Waals surface area (Å²) < 4.78 is 4.96. The molecule has 0 saturated heterocycles. The molecule has 14 heteroatoms. The highest BCUT2D eigenvalue weighted by Gasteiger charge is 2.26. The van der Waals surface area contributed by atoms with Crippen LogP contribution >= 0.6 is 12.2 Å². The molecular formula is C24H38N6O7S. The minimum absolute atomic E-state index is 0.185. The lowest BCUT2D eigenvalue weighted by atomic mass is 10.1. The highest BCUT2D eigenvalue weighted by molar-refractivity contribution is 7.78. The number of hydrogen-bond acceptors (Lipinski definition) is 9. The molecule has 0 fully saturated rings. The molecule has 2 atom stereocenters. The molecule has 3 amide bonds. The summed E-state index contributed by atoms with van der Waals surface area (Å²) in [4.78, 5) is 47.6. The van der Waals surface area contributed by atoms with E-state index in [0.29, 0.717) is 31.6 Å². The summed E-state index contributed by atoms with van der Waals surface area (Å²) in [5.74, 6) is -2.21. The molecule has 0 heterocycles. The van der Waals surface area contributed by atoms with Gasteiger partial charge in [-0.3, -0.25) is 10.2 Å². The average molecular weight is 555 g/mol. The van der Waals surface area contributed by atoms with E-state index in [9.17, 15) is 19.2 Å². The molecule has 1 rings (SSSR count). The number of nitrogens with zero attached hydrogens (tertiary/aromatic N) is 1. The minimum Gasteiger partial charge on any atom is -0.480 e. The lowest BCUT2D eigenvalue weighted by Crippen LogP contribution is -2.46. The van der Waals surface area contributed by atoms with Crippen LogP contribution in [-0.2, 0) is 20.9 Å². The number of alkyl carbamates (subject to hydrolysis) is 1. The number of hydrogen-bond donors (Lipinski definition) is 7. The molecule has 1 aromatic rings. The Morgan fingerprint density at radius 1 is 1.11 bits per heavy atom. The van der Waals surface area contributed by atoms with E-state index in [2.05, 4.69) is 43.9 Å². The number of primary amides is 1. The molecule has 0 aromatic heterocycles. The van der Waals surface area contributed by atoms with Gasteiger partial charge >= 0.3 is 24.1 Å². The summed E-state index contributed by atoms with van der Waals surface area (Å²) >= 11 is 4.52. The molecular weight excluding hydrogens is 516 g/mol. The fourth-order valence-corrected chi connectivity index (χ4v) is 2.85. The second-order valence-corrected chi connectivity index (χ2v) is 9.58. The molecule has 0 aliphatic carbocycles. The topological polar surface area (TPSA) is 204 Å². The van der Waals surface area contributed by atoms with Crippen molar-refractivity contribution in [2.24, 2.45) is 16.6 Å². The molecule has 1 aromatic carbocycles. The van der Waals surface area contributed by atoms with Gasteiger partial charge in [-0.15, -0.1) is 0 Å². The maximum atomic E-state index is 11.3. The largest absolute Gasteiger partial charge is 0.480 e. The molecule has 0 unspecified atom stereocenters. The van der Waals surface area contributed by atoms with Gasteiger partial charge in [0.2, 0.25) is 0 Å². The number of thiocarbonyl (C=S) groups is 1. The van der Waals surface area contributed by atoms with Gasteiger partial charge in [-0.1, -0.05) is 26.0 Å². The number of rotatable bonds is 13. The van der Waals surface area contributed by atoms with Crippen molar-refractivity contribution in [1.29, 1.82) is 0 Å². The third kappa shape index (κ3) is 17.0. The van der Waals surface area contributed by atoms with Crippen LogP contribution in [0.5, 0.6) is 0 Å². The van der Waals surface area contributed by atoms with Crippen LogP contribution in [0, 0.1) is 5.92 Å². The summed E-state index contributed by atoms with van der Waals surface area (Å²) in [5, 5.41) is 25.0. The standard InChI is InChI=1S/C14H19N5O3S.C10H19NO4/c15-14(22)16-7-1-2-12(13(20)21)19-18-8-10-3-5-11(6-4-10)17-9-23;1-6(2)7(8(12)13)11-9(14)15-10(3,4)5/h3-6,12,18-19H,1-2,7-8H2,(H,20,21)(H3,15,16,22);6-7H,1-5H3,(H,11,14)(H,12,13)/t12-;7-/m00/s1. The Morgan fingerprint density at radius 2 is 1.71 bits per heavy atom. The zero-order valence-corrected chi connectivity index (χ0v) is 23.1. The second kappa shape index (κ2) is 17.8. The molecule has 38 heavy (non-hydrogen) atoms. The molecule has 13 nitrogen and oxygen atoms in total. The molecule has 0 aliphatic heterocycles. The first-order valence-corrected chi connectivity index (χ1v) is 12.2. The van der Waals surface area contributed by atoms with Crippen LogP contribution in [0.25, 0.3) is 0 Å². The third-order valence-electron chi connectivity index (χ3n) is 4.55. The van der Waals surface area contributed by atoms with Crippen LogP contribution in [0.4, 0.5) is 15.3 Å². The van der Waals surface area contributed by atoms with Crippen molar-refractivity contribution < 1.29 is 34.1 Å². The number of carboxylic acids is 2. The van der Waals surface area contributed by atoms with E-state index in [1.807, 2.05) is 12.1 Å². The number of urea groups is 1. The lowest BCUT2D eigenvalue weighted by Gasteiger charge is -2.23. The van der Waals surface area contributed by atoms with Crippen LogP contribution < -0.4 is 27.2 Å². The third-order valence-corrected chi connectivity index (χ3v) is 4.64. The molecule has 8 N–H and O–H groups in total. The van der Waals surface area contributed by atoms with Crippen molar-refractivity contribution in [2.75, 3.05) is 6.54 Å². The number of carbonyl (C=O) groups excluding carboxylic acids is 2. The van der Waals surface area contributed by atoms with Gasteiger partial charge in [0, 0.05) is 13.1 Å². The van der Waals surface area contributed by atoms with E-state index < -0.39 is 41.7 Å². The fourth-order valence-electron chi connectivity index (χ4n) is 2.74. The zero-order chi connectivity index (χ0) is 29.3. The summed E-state index contributed by atoms with van der Waals surface area (Å²) in [7, 11) is 0. The maximum absolute atomic E-state index is 11.3. The number of nitrogens with one attached hydrogen (secondary N) is 4. The van der Waals surface area contributed by atoms with Crippen molar-refractivity contribution >= 4 is 47.1 Å². The van der Waals surface area contributed by atoms with E-state index >= 15 is 0 Å². The maximum Gasteiger partial charge on any atom is 0.408 e. The number of ether oxygens (including phenoxy) is 1. The van der Waals surface area contributed by atoms with Crippen LogP contribution in [0.1, 0.15) is 53.0 Å². The Bertz CT molecular complexity index is 960. The Hall–Kier alpha value is -3.58. The number of amides is 3. The van der Waals surface area contributed by atoms with E-state index in [4.69, 9.17) is 20.7 Å². The number of benzene rings is 1. The summed E-state index contributed by atoms with van der Waals surface area (Å²) in [6.07, 6.45) is 0.146. The van der Waals surface area contributed by atoms with Gasteiger partial charge in [-0.25, -0.2) is 19.8 Å². The first kappa shape index (κ1) is 34.4. The van der Waals surface area contributed by atoms with Crippen molar-refractivity contribution in [3.63, 3.8) is 0 Å². The summed E-state index contributed by atoms with van der Waals surface area (Å²) in [6, 6.07) is 4.99.